The minimum absolute atomic E-state index is 0.103. The lowest BCUT2D eigenvalue weighted by molar-refractivity contribution is -0.137. The predicted molar refractivity (Wildman–Crippen MR) is 119 cm³/mol. The van der Waals surface area contributed by atoms with Crippen LogP contribution in [0.4, 0.5) is 13.2 Å². The number of halogens is 3. The highest BCUT2D eigenvalue weighted by molar-refractivity contribution is 5.78. The molecule has 0 radical (unpaired) electrons. The highest BCUT2D eigenvalue weighted by Gasteiger charge is 2.33. The molecular formula is C25H23F3N4O. The Morgan fingerprint density at radius 1 is 1.03 bits per heavy atom. The maximum atomic E-state index is 12.9. The van der Waals surface area contributed by atoms with Gasteiger partial charge in [-0.05, 0) is 36.2 Å². The standard InChI is InChI=1S/C25H23F3N4O/c1-3-22(33)31-24(2,15-17-7-5-4-6-8-17)21-13-14-29-23-20(16-30-32(21)23)18-9-11-19(12-10-18)25(26,27)28/h4-14,16H,3,15H2,1-2H3,(H,31,33)/t24-/m1/s1. The van der Waals surface area contributed by atoms with E-state index in [2.05, 4.69) is 15.4 Å². The minimum Gasteiger partial charge on any atom is -0.345 e. The number of fused-ring (bicyclic) bond motifs is 1. The Labute approximate surface area is 189 Å². The van der Waals surface area contributed by atoms with Gasteiger partial charge in [-0.15, -0.1) is 0 Å². The van der Waals surface area contributed by atoms with Crippen molar-refractivity contribution in [3.05, 3.63) is 89.9 Å². The van der Waals surface area contributed by atoms with E-state index in [9.17, 15) is 18.0 Å². The van der Waals surface area contributed by atoms with Gasteiger partial charge < -0.3 is 5.32 Å². The highest BCUT2D eigenvalue weighted by atomic mass is 19.4. The van der Waals surface area contributed by atoms with Crippen molar-refractivity contribution < 1.29 is 18.0 Å². The van der Waals surface area contributed by atoms with Gasteiger partial charge in [-0.2, -0.15) is 18.3 Å². The lowest BCUT2D eigenvalue weighted by Crippen LogP contribution is -2.46. The third kappa shape index (κ3) is 4.60. The second-order valence-corrected chi connectivity index (χ2v) is 8.10. The Morgan fingerprint density at radius 2 is 1.73 bits per heavy atom. The minimum atomic E-state index is -4.40. The first-order valence-electron chi connectivity index (χ1n) is 10.6. The van der Waals surface area contributed by atoms with Crippen molar-refractivity contribution in [2.75, 3.05) is 0 Å². The molecule has 0 bridgehead atoms. The van der Waals surface area contributed by atoms with E-state index in [1.165, 1.54) is 12.1 Å². The number of rotatable bonds is 6. The van der Waals surface area contributed by atoms with Gasteiger partial charge in [0.15, 0.2) is 5.65 Å². The van der Waals surface area contributed by atoms with E-state index in [1.807, 2.05) is 37.3 Å². The Morgan fingerprint density at radius 3 is 2.36 bits per heavy atom. The zero-order valence-corrected chi connectivity index (χ0v) is 18.2. The summed E-state index contributed by atoms with van der Waals surface area (Å²) in [6, 6.07) is 16.5. The van der Waals surface area contributed by atoms with E-state index in [4.69, 9.17) is 0 Å². The molecule has 4 rings (SSSR count). The smallest absolute Gasteiger partial charge is 0.345 e. The maximum absolute atomic E-state index is 12.9. The van der Waals surface area contributed by atoms with Crippen LogP contribution in [0.1, 0.15) is 37.1 Å². The van der Waals surface area contributed by atoms with Gasteiger partial charge in [-0.3, -0.25) is 4.79 Å². The third-order valence-corrected chi connectivity index (χ3v) is 5.63. The second-order valence-electron chi connectivity index (χ2n) is 8.10. The molecule has 0 saturated heterocycles. The normalized spacial score (nSPS) is 13.6. The molecular weight excluding hydrogens is 429 g/mol. The molecule has 4 aromatic rings. The molecule has 1 amide bonds. The van der Waals surface area contributed by atoms with Crippen molar-refractivity contribution in [2.24, 2.45) is 0 Å². The number of hydrogen-bond acceptors (Lipinski definition) is 3. The average molecular weight is 452 g/mol. The first kappa shape index (κ1) is 22.5. The second kappa shape index (κ2) is 8.69. The van der Waals surface area contributed by atoms with Crippen molar-refractivity contribution in [2.45, 2.75) is 38.4 Å². The van der Waals surface area contributed by atoms with Gasteiger partial charge in [0.2, 0.25) is 5.91 Å². The lowest BCUT2D eigenvalue weighted by atomic mass is 9.88. The van der Waals surface area contributed by atoms with Crippen LogP contribution in [0.25, 0.3) is 16.8 Å². The Bertz CT molecular complexity index is 1270. The van der Waals surface area contributed by atoms with Gasteiger partial charge in [0.25, 0.3) is 0 Å². The summed E-state index contributed by atoms with van der Waals surface area (Å²) in [6.07, 6.45) is -0.343. The fourth-order valence-electron chi connectivity index (χ4n) is 3.95. The topological polar surface area (TPSA) is 59.3 Å². The molecule has 2 heterocycles. The van der Waals surface area contributed by atoms with Gasteiger partial charge in [0.1, 0.15) is 0 Å². The van der Waals surface area contributed by atoms with Crippen molar-refractivity contribution in [3.63, 3.8) is 0 Å². The van der Waals surface area contributed by atoms with Crippen molar-refractivity contribution in [3.8, 4) is 11.1 Å². The first-order valence-corrected chi connectivity index (χ1v) is 10.6. The largest absolute Gasteiger partial charge is 0.416 e. The van der Waals surface area contributed by atoms with Crippen LogP contribution in [-0.4, -0.2) is 20.5 Å². The average Bonchev–Trinajstić information content (AvgIpc) is 3.23. The fraction of sp³-hybridized carbons (Fsp3) is 0.240. The van der Waals surface area contributed by atoms with Crippen molar-refractivity contribution in [1.29, 1.82) is 0 Å². The number of carbonyl (C=O) groups is 1. The molecule has 5 nitrogen and oxygen atoms in total. The van der Waals surface area contributed by atoms with Crippen LogP contribution in [0.2, 0.25) is 0 Å². The van der Waals surface area contributed by atoms with Gasteiger partial charge in [-0.1, -0.05) is 49.4 Å². The maximum Gasteiger partial charge on any atom is 0.416 e. The van der Waals surface area contributed by atoms with E-state index >= 15 is 0 Å². The predicted octanol–water partition coefficient (Wildman–Crippen LogP) is 5.40. The van der Waals surface area contributed by atoms with E-state index in [-0.39, 0.29) is 5.91 Å². The number of aromatic nitrogens is 3. The van der Waals surface area contributed by atoms with Crippen molar-refractivity contribution >= 4 is 11.6 Å². The zero-order chi connectivity index (χ0) is 23.6. The molecule has 0 unspecified atom stereocenters. The SMILES string of the molecule is CCC(=O)N[C@](C)(Cc1ccccc1)c1ccnc2c(-c3ccc(C(F)(F)F)cc3)cnn12. The van der Waals surface area contributed by atoms with Gasteiger partial charge in [0.05, 0.1) is 23.0 Å². The van der Waals surface area contributed by atoms with E-state index in [0.717, 1.165) is 23.4 Å². The molecule has 0 aliphatic rings. The first-order chi connectivity index (χ1) is 15.7. The lowest BCUT2D eigenvalue weighted by Gasteiger charge is -2.31. The number of hydrogen-bond donors (Lipinski definition) is 1. The summed E-state index contributed by atoms with van der Waals surface area (Å²) in [4.78, 5) is 16.9. The summed E-state index contributed by atoms with van der Waals surface area (Å²) in [5.74, 6) is -0.103. The van der Waals surface area contributed by atoms with Crippen LogP contribution in [0, 0.1) is 0 Å². The molecule has 1 N–H and O–H groups in total. The number of benzene rings is 2. The molecule has 8 heteroatoms. The summed E-state index contributed by atoms with van der Waals surface area (Å²) in [6.45, 7) is 3.72. The molecule has 33 heavy (non-hydrogen) atoms. The fourth-order valence-corrected chi connectivity index (χ4v) is 3.95. The van der Waals surface area contributed by atoms with Crippen molar-refractivity contribution in [1.82, 2.24) is 19.9 Å². The summed E-state index contributed by atoms with van der Waals surface area (Å²) >= 11 is 0. The Kier molecular flexibility index (Phi) is 5.93. The molecule has 1 atom stereocenters. The van der Waals surface area contributed by atoms with Crippen LogP contribution in [0.15, 0.2) is 73.1 Å². The van der Waals surface area contributed by atoms with E-state index < -0.39 is 17.3 Å². The Balaban J connectivity index is 1.79. The van der Waals surface area contributed by atoms with Crippen LogP contribution in [0.5, 0.6) is 0 Å². The molecule has 2 aromatic heterocycles. The summed E-state index contributed by atoms with van der Waals surface area (Å²) < 4.78 is 40.5. The molecule has 0 fully saturated rings. The quantitative estimate of drug-likeness (QED) is 0.426. The molecule has 0 aliphatic carbocycles. The molecule has 2 aromatic carbocycles. The van der Waals surface area contributed by atoms with Crippen LogP contribution >= 0.6 is 0 Å². The van der Waals surface area contributed by atoms with Crippen LogP contribution in [-0.2, 0) is 22.9 Å². The number of nitrogens with one attached hydrogen (secondary N) is 1. The number of nitrogens with zero attached hydrogens (tertiary/aromatic N) is 3. The summed E-state index contributed by atoms with van der Waals surface area (Å²) in [5.41, 5.74) is 1.93. The van der Waals surface area contributed by atoms with Gasteiger partial charge >= 0.3 is 6.18 Å². The molecule has 0 saturated carbocycles. The third-order valence-electron chi connectivity index (χ3n) is 5.63. The van der Waals surface area contributed by atoms with E-state index in [0.29, 0.717) is 29.6 Å². The number of carbonyl (C=O) groups excluding carboxylic acids is 1. The van der Waals surface area contributed by atoms with Crippen LogP contribution < -0.4 is 5.32 Å². The van der Waals surface area contributed by atoms with Crippen LogP contribution in [0.3, 0.4) is 0 Å². The summed E-state index contributed by atoms with van der Waals surface area (Å²) in [5, 5.41) is 7.61. The summed E-state index contributed by atoms with van der Waals surface area (Å²) in [7, 11) is 0. The molecule has 0 aliphatic heterocycles. The zero-order valence-electron chi connectivity index (χ0n) is 18.2. The number of alkyl halides is 3. The molecule has 0 spiro atoms. The van der Waals surface area contributed by atoms with E-state index in [1.54, 1.807) is 29.9 Å². The highest BCUT2D eigenvalue weighted by Crippen LogP contribution is 2.33. The molecule has 170 valence electrons. The number of amides is 1. The monoisotopic (exact) mass is 452 g/mol. The Hall–Kier alpha value is -3.68. The van der Waals surface area contributed by atoms with Gasteiger partial charge in [0, 0.05) is 24.6 Å². The van der Waals surface area contributed by atoms with Gasteiger partial charge in [-0.25, -0.2) is 9.50 Å².